The van der Waals surface area contributed by atoms with Gasteiger partial charge in [-0.1, -0.05) is 12.1 Å². The van der Waals surface area contributed by atoms with E-state index in [2.05, 4.69) is 0 Å². The Morgan fingerprint density at radius 3 is 2.21 bits per heavy atom. The number of ketones is 1. The van der Waals surface area contributed by atoms with E-state index in [0.717, 1.165) is 22.3 Å². The molecular weight excluding hydrogens is 376 g/mol. The molecule has 0 fully saturated rings. The van der Waals surface area contributed by atoms with Gasteiger partial charge in [0.1, 0.15) is 0 Å². The zero-order chi connectivity index (χ0) is 20.7. The Hall–Kier alpha value is -2.47. The van der Waals surface area contributed by atoms with Crippen molar-refractivity contribution in [2.45, 2.75) is 26.5 Å². The number of rotatable bonds is 9. The molecule has 0 amide bonds. The quantitative estimate of drug-likeness (QED) is 0.461. The molecule has 0 spiro atoms. The van der Waals surface area contributed by atoms with Gasteiger partial charge in [0.15, 0.2) is 23.9 Å². The van der Waals surface area contributed by atoms with Crippen LogP contribution in [-0.4, -0.2) is 38.3 Å². The van der Waals surface area contributed by atoms with Gasteiger partial charge in [-0.25, -0.2) is 0 Å². The van der Waals surface area contributed by atoms with E-state index in [9.17, 15) is 9.59 Å². The fourth-order valence-corrected chi connectivity index (χ4v) is 3.49. The minimum atomic E-state index is -0.402. The molecule has 150 valence electrons. The average Bonchev–Trinajstić information content (AvgIpc) is 2.69. The third-order valence-electron chi connectivity index (χ3n) is 4.51. The Bertz CT molecular complexity index is 860. The van der Waals surface area contributed by atoms with Crippen LogP contribution >= 0.6 is 11.8 Å². The van der Waals surface area contributed by atoms with Crippen molar-refractivity contribution in [3.8, 4) is 11.5 Å². The lowest BCUT2D eigenvalue weighted by molar-refractivity contribution is -0.139. The molecular formula is C22H26O5S. The molecule has 28 heavy (non-hydrogen) atoms. The lowest BCUT2D eigenvalue weighted by Crippen LogP contribution is -2.15. The summed E-state index contributed by atoms with van der Waals surface area (Å²) in [5.41, 5.74) is 4.84. The number of esters is 1. The summed E-state index contributed by atoms with van der Waals surface area (Å²) in [6.07, 6.45) is 0. The first-order valence-electron chi connectivity index (χ1n) is 8.91. The van der Waals surface area contributed by atoms with Crippen molar-refractivity contribution in [2.75, 3.05) is 26.6 Å². The van der Waals surface area contributed by atoms with Crippen LogP contribution in [0.15, 0.2) is 30.3 Å². The minimum Gasteiger partial charge on any atom is -0.493 e. The van der Waals surface area contributed by atoms with Gasteiger partial charge in [-0.2, -0.15) is 0 Å². The zero-order valence-corrected chi connectivity index (χ0v) is 17.8. The fourth-order valence-electron chi connectivity index (χ4n) is 2.61. The molecule has 0 aliphatic carbocycles. The third kappa shape index (κ3) is 5.76. The highest BCUT2D eigenvalue weighted by atomic mass is 32.2. The van der Waals surface area contributed by atoms with E-state index < -0.39 is 5.97 Å². The molecule has 0 N–H and O–H groups in total. The van der Waals surface area contributed by atoms with E-state index >= 15 is 0 Å². The number of hydrogen-bond acceptors (Lipinski definition) is 6. The number of carbonyl (C=O) groups is 2. The second kappa shape index (κ2) is 10.2. The van der Waals surface area contributed by atoms with Crippen molar-refractivity contribution < 1.29 is 23.8 Å². The number of hydrogen-bond donors (Lipinski definition) is 0. The molecule has 0 aromatic heterocycles. The van der Waals surface area contributed by atoms with Crippen LogP contribution in [0.1, 0.15) is 32.6 Å². The van der Waals surface area contributed by atoms with Crippen LogP contribution in [0, 0.1) is 20.8 Å². The van der Waals surface area contributed by atoms with Crippen LogP contribution in [0.25, 0.3) is 0 Å². The summed E-state index contributed by atoms with van der Waals surface area (Å²) in [6, 6.07) is 9.30. The average molecular weight is 403 g/mol. The molecule has 2 rings (SSSR count). The maximum absolute atomic E-state index is 12.2. The second-order valence-corrected chi connectivity index (χ2v) is 7.49. The summed E-state index contributed by atoms with van der Waals surface area (Å²) in [5, 5.41) is 0. The van der Waals surface area contributed by atoms with Crippen LogP contribution in [0.2, 0.25) is 0 Å². The molecule has 2 aromatic carbocycles. The van der Waals surface area contributed by atoms with E-state index in [0.29, 0.717) is 22.8 Å². The highest BCUT2D eigenvalue weighted by molar-refractivity contribution is 7.99. The van der Waals surface area contributed by atoms with Gasteiger partial charge < -0.3 is 14.2 Å². The highest BCUT2D eigenvalue weighted by Crippen LogP contribution is 2.31. The van der Waals surface area contributed by atoms with E-state index in [1.165, 1.54) is 11.8 Å². The Morgan fingerprint density at radius 2 is 1.57 bits per heavy atom. The minimum absolute atomic E-state index is 0.175. The lowest BCUT2D eigenvalue weighted by Gasteiger charge is -2.12. The number of ether oxygens (including phenoxy) is 3. The lowest BCUT2D eigenvalue weighted by atomic mass is 10.0. The largest absolute Gasteiger partial charge is 0.493 e. The monoisotopic (exact) mass is 402 g/mol. The SMILES string of the molecule is COc1cc(C)c(CSCC(=O)OCC(=O)c2ccc(C)c(C)c2)cc1OC. The van der Waals surface area contributed by atoms with Gasteiger partial charge in [0.05, 0.1) is 20.0 Å². The van der Waals surface area contributed by atoms with Crippen LogP contribution in [0.5, 0.6) is 11.5 Å². The first kappa shape index (κ1) is 21.8. The number of carbonyl (C=O) groups excluding carboxylic acids is 2. The van der Waals surface area contributed by atoms with Crippen LogP contribution in [0.4, 0.5) is 0 Å². The summed E-state index contributed by atoms with van der Waals surface area (Å²) in [7, 11) is 3.19. The topological polar surface area (TPSA) is 61.8 Å². The van der Waals surface area contributed by atoms with Crippen molar-refractivity contribution in [2.24, 2.45) is 0 Å². The Morgan fingerprint density at radius 1 is 0.893 bits per heavy atom. The van der Waals surface area contributed by atoms with E-state index in [-0.39, 0.29) is 18.1 Å². The van der Waals surface area contributed by atoms with Gasteiger partial charge >= 0.3 is 5.97 Å². The van der Waals surface area contributed by atoms with Crippen LogP contribution in [0.3, 0.4) is 0 Å². The highest BCUT2D eigenvalue weighted by Gasteiger charge is 2.12. The normalized spacial score (nSPS) is 10.5. The van der Waals surface area contributed by atoms with Crippen LogP contribution in [-0.2, 0) is 15.3 Å². The molecule has 0 aliphatic heterocycles. The predicted octanol–water partition coefficient (Wildman–Crippen LogP) is 4.29. The molecule has 2 aromatic rings. The summed E-state index contributed by atoms with van der Waals surface area (Å²) >= 11 is 1.43. The van der Waals surface area contributed by atoms with Gasteiger partial charge in [0.2, 0.25) is 0 Å². The molecule has 6 heteroatoms. The van der Waals surface area contributed by atoms with E-state index in [1.54, 1.807) is 20.3 Å². The second-order valence-electron chi connectivity index (χ2n) is 6.51. The standard InChI is InChI=1S/C22H26O5S/c1-14-6-7-17(8-15(14)2)19(23)11-27-22(24)13-28-12-18-10-21(26-5)20(25-4)9-16(18)3/h6-10H,11-13H2,1-5H3. The number of aryl methyl sites for hydroxylation is 3. The van der Waals surface area contributed by atoms with Gasteiger partial charge in [-0.3, -0.25) is 9.59 Å². The van der Waals surface area contributed by atoms with Crippen molar-refractivity contribution in [3.05, 3.63) is 58.1 Å². The number of Topliss-reactive ketones (excluding diaryl/α,β-unsaturated/α-hetero) is 1. The maximum atomic E-state index is 12.2. The Balaban J connectivity index is 1.83. The molecule has 0 radical (unpaired) electrons. The number of benzene rings is 2. The fraction of sp³-hybridized carbons (Fsp3) is 0.364. The molecule has 0 saturated heterocycles. The van der Waals surface area contributed by atoms with Crippen molar-refractivity contribution >= 4 is 23.5 Å². The Labute approximate surface area is 170 Å². The summed E-state index contributed by atoms with van der Waals surface area (Å²) in [6.45, 7) is 5.68. The van der Waals surface area contributed by atoms with Crippen molar-refractivity contribution in [1.82, 2.24) is 0 Å². The molecule has 0 atom stereocenters. The first-order chi connectivity index (χ1) is 13.3. The van der Waals surface area contributed by atoms with Crippen molar-refractivity contribution in [1.29, 1.82) is 0 Å². The van der Waals surface area contributed by atoms with E-state index in [4.69, 9.17) is 14.2 Å². The number of thioether (sulfide) groups is 1. The maximum Gasteiger partial charge on any atom is 0.316 e. The summed E-state index contributed by atoms with van der Waals surface area (Å²) in [5.74, 6) is 1.54. The molecule has 0 saturated carbocycles. The molecule has 0 unspecified atom stereocenters. The molecule has 5 nitrogen and oxygen atoms in total. The predicted molar refractivity (Wildman–Crippen MR) is 112 cm³/mol. The van der Waals surface area contributed by atoms with Gasteiger partial charge in [-0.15, -0.1) is 11.8 Å². The smallest absolute Gasteiger partial charge is 0.316 e. The summed E-state index contributed by atoms with van der Waals surface area (Å²) in [4.78, 5) is 24.1. The van der Waals surface area contributed by atoms with Crippen LogP contribution < -0.4 is 9.47 Å². The number of methoxy groups -OCH3 is 2. The molecule has 0 aliphatic rings. The molecule has 0 bridgehead atoms. The third-order valence-corrected chi connectivity index (χ3v) is 5.47. The zero-order valence-electron chi connectivity index (χ0n) is 17.0. The molecule has 0 heterocycles. The van der Waals surface area contributed by atoms with Gasteiger partial charge in [0, 0.05) is 11.3 Å². The van der Waals surface area contributed by atoms with Crippen molar-refractivity contribution in [3.63, 3.8) is 0 Å². The Kier molecular flexibility index (Phi) is 7.93. The van der Waals surface area contributed by atoms with Gasteiger partial charge in [0.25, 0.3) is 0 Å². The first-order valence-corrected chi connectivity index (χ1v) is 10.1. The van der Waals surface area contributed by atoms with Gasteiger partial charge in [-0.05, 0) is 61.2 Å². The summed E-state index contributed by atoms with van der Waals surface area (Å²) < 4.78 is 15.7. The van der Waals surface area contributed by atoms with E-state index in [1.807, 2.05) is 45.0 Å².